The summed E-state index contributed by atoms with van der Waals surface area (Å²) in [5.41, 5.74) is -0.788. The molecule has 3 aliphatic rings. The second kappa shape index (κ2) is 5.00. The summed E-state index contributed by atoms with van der Waals surface area (Å²) in [6.45, 7) is 2.18. The largest absolute Gasteiger partial charge is 0.341 e. The zero-order valence-electron chi connectivity index (χ0n) is 12.7. The molecule has 3 rings (SSSR count). The third-order valence-corrected chi connectivity index (χ3v) is 5.29. The van der Waals surface area contributed by atoms with Crippen LogP contribution in [-0.4, -0.2) is 52.8 Å². The minimum absolute atomic E-state index is 0.0129. The highest BCUT2D eigenvalue weighted by Gasteiger charge is 2.54. The van der Waals surface area contributed by atoms with Crippen LogP contribution in [-0.2, 0) is 9.59 Å². The van der Waals surface area contributed by atoms with Crippen molar-refractivity contribution in [3.05, 3.63) is 0 Å². The van der Waals surface area contributed by atoms with Crippen LogP contribution in [0.15, 0.2) is 0 Å². The molecule has 2 aliphatic carbocycles. The number of amides is 4. The summed E-state index contributed by atoms with van der Waals surface area (Å²) in [5.74, 6) is 0.285. The number of nitrogens with zero attached hydrogens (tertiary/aromatic N) is 2. The Morgan fingerprint density at radius 1 is 1.29 bits per heavy atom. The van der Waals surface area contributed by atoms with Gasteiger partial charge in [0.2, 0.25) is 5.91 Å². The molecule has 116 valence electrons. The van der Waals surface area contributed by atoms with Crippen molar-refractivity contribution in [1.29, 1.82) is 0 Å². The molecular formula is C15H23N3O3. The lowest BCUT2D eigenvalue weighted by Crippen LogP contribution is -2.54. The van der Waals surface area contributed by atoms with Crippen LogP contribution in [0, 0.1) is 5.92 Å². The number of imide groups is 1. The van der Waals surface area contributed by atoms with Gasteiger partial charge in [-0.2, -0.15) is 0 Å². The lowest BCUT2D eigenvalue weighted by Gasteiger charge is -2.40. The van der Waals surface area contributed by atoms with Crippen molar-refractivity contribution in [2.45, 2.75) is 57.0 Å². The molecule has 1 aliphatic heterocycles. The summed E-state index contributed by atoms with van der Waals surface area (Å²) in [7, 11) is 1.78. The summed E-state index contributed by atoms with van der Waals surface area (Å²) < 4.78 is 0. The summed E-state index contributed by atoms with van der Waals surface area (Å²) in [5, 5.41) is 2.41. The number of carbonyl (C=O) groups is 3. The monoisotopic (exact) mass is 293 g/mol. The highest BCUT2D eigenvalue weighted by Crippen LogP contribution is 2.39. The summed E-state index contributed by atoms with van der Waals surface area (Å²) in [4.78, 5) is 39.9. The first-order valence-corrected chi connectivity index (χ1v) is 7.83. The van der Waals surface area contributed by atoms with Gasteiger partial charge in [-0.25, -0.2) is 4.79 Å². The molecule has 3 fully saturated rings. The second-order valence-electron chi connectivity index (χ2n) is 6.80. The number of likely N-dealkylation sites (N-methyl/N-ethyl adjacent to an activating group) is 1. The fourth-order valence-electron chi connectivity index (χ4n) is 3.47. The van der Waals surface area contributed by atoms with Gasteiger partial charge in [-0.3, -0.25) is 14.9 Å². The molecule has 21 heavy (non-hydrogen) atoms. The Kier molecular flexibility index (Phi) is 3.42. The van der Waals surface area contributed by atoms with E-state index in [1.165, 1.54) is 4.90 Å². The number of hydrogen-bond acceptors (Lipinski definition) is 3. The Morgan fingerprint density at radius 3 is 2.48 bits per heavy atom. The van der Waals surface area contributed by atoms with Gasteiger partial charge in [0.25, 0.3) is 5.91 Å². The molecule has 0 atom stereocenters. The Morgan fingerprint density at radius 2 is 1.90 bits per heavy atom. The van der Waals surface area contributed by atoms with Crippen molar-refractivity contribution >= 4 is 17.8 Å². The van der Waals surface area contributed by atoms with Gasteiger partial charge in [0, 0.05) is 13.1 Å². The topological polar surface area (TPSA) is 69.7 Å². The number of rotatable bonds is 3. The Hall–Kier alpha value is -1.59. The molecule has 0 bridgehead atoms. The van der Waals surface area contributed by atoms with Crippen molar-refractivity contribution < 1.29 is 14.4 Å². The van der Waals surface area contributed by atoms with Crippen molar-refractivity contribution in [2.75, 3.05) is 13.6 Å². The van der Waals surface area contributed by atoms with E-state index < -0.39 is 11.6 Å². The Labute approximate surface area is 124 Å². The van der Waals surface area contributed by atoms with Gasteiger partial charge in [0.1, 0.15) is 12.1 Å². The maximum Gasteiger partial charge on any atom is 0.325 e. The second-order valence-corrected chi connectivity index (χ2v) is 6.80. The van der Waals surface area contributed by atoms with Gasteiger partial charge >= 0.3 is 6.03 Å². The van der Waals surface area contributed by atoms with E-state index in [0.29, 0.717) is 24.8 Å². The molecular weight excluding hydrogens is 270 g/mol. The van der Waals surface area contributed by atoms with E-state index in [4.69, 9.17) is 0 Å². The van der Waals surface area contributed by atoms with Gasteiger partial charge < -0.3 is 9.80 Å². The number of carbonyl (C=O) groups excluding carboxylic acids is 3. The molecule has 1 N–H and O–H groups in total. The van der Waals surface area contributed by atoms with Crippen LogP contribution in [0.3, 0.4) is 0 Å². The van der Waals surface area contributed by atoms with Gasteiger partial charge in [-0.05, 0) is 44.4 Å². The Bertz CT molecular complexity index is 479. The first-order chi connectivity index (χ1) is 9.94. The normalized spacial score (nSPS) is 32.5. The van der Waals surface area contributed by atoms with Gasteiger partial charge in [-0.15, -0.1) is 0 Å². The Balaban J connectivity index is 1.76. The van der Waals surface area contributed by atoms with Crippen LogP contribution in [0.2, 0.25) is 0 Å². The SMILES string of the molecule is CC1CCC2(CC1)C(=O)NC(=O)N2CC(=O)N(C)C1CC1. The van der Waals surface area contributed by atoms with E-state index in [0.717, 1.165) is 25.7 Å². The van der Waals surface area contributed by atoms with Gasteiger partial charge in [-0.1, -0.05) is 6.92 Å². The highest BCUT2D eigenvalue weighted by atomic mass is 16.2. The van der Waals surface area contributed by atoms with Crippen molar-refractivity contribution in [3.63, 3.8) is 0 Å². The smallest absolute Gasteiger partial charge is 0.325 e. The van der Waals surface area contributed by atoms with Crippen LogP contribution < -0.4 is 5.32 Å². The fourth-order valence-corrected chi connectivity index (χ4v) is 3.47. The number of urea groups is 1. The molecule has 0 radical (unpaired) electrons. The maximum absolute atomic E-state index is 12.3. The molecule has 1 heterocycles. The lowest BCUT2D eigenvalue weighted by atomic mass is 9.76. The van der Waals surface area contributed by atoms with Crippen molar-refractivity contribution in [2.24, 2.45) is 5.92 Å². The van der Waals surface area contributed by atoms with E-state index in [2.05, 4.69) is 12.2 Å². The van der Waals surface area contributed by atoms with E-state index in [1.54, 1.807) is 11.9 Å². The minimum atomic E-state index is -0.788. The fraction of sp³-hybridized carbons (Fsp3) is 0.800. The summed E-state index contributed by atoms with van der Waals surface area (Å²) in [6.07, 6.45) is 5.23. The van der Waals surface area contributed by atoms with Gasteiger partial charge in [0.05, 0.1) is 0 Å². The molecule has 4 amide bonds. The highest BCUT2D eigenvalue weighted by molar-refractivity contribution is 6.08. The van der Waals surface area contributed by atoms with Crippen LogP contribution in [0.1, 0.15) is 45.4 Å². The maximum atomic E-state index is 12.3. The van der Waals surface area contributed by atoms with Gasteiger partial charge in [0.15, 0.2) is 0 Å². The first kappa shape index (κ1) is 14.4. The van der Waals surface area contributed by atoms with E-state index in [1.807, 2.05) is 0 Å². The molecule has 1 saturated heterocycles. The average molecular weight is 293 g/mol. The molecule has 6 heteroatoms. The lowest BCUT2D eigenvalue weighted by molar-refractivity contribution is -0.134. The van der Waals surface area contributed by atoms with Crippen molar-refractivity contribution in [1.82, 2.24) is 15.1 Å². The van der Waals surface area contributed by atoms with Crippen LogP contribution in [0.5, 0.6) is 0 Å². The zero-order valence-corrected chi connectivity index (χ0v) is 12.7. The molecule has 0 aromatic heterocycles. The van der Waals surface area contributed by atoms with E-state index in [-0.39, 0.29) is 18.4 Å². The molecule has 2 saturated carbocycles. The summed E-state index contributed by atoms with van der Waals surface area (Å²) in [6, 6.07) is -0.0895. The van der Waals surface area contributed by atoms with E-state index >= 15 is 0 Å². The third-order valence-electron chi connectivity index (χ3n) is 5.29. The predicted octanol–water partition coefficient (Wildman–Crippen LogP) is 1.11. The third kappa shape index (κ3) is 2.40. The molecule has 0 aromatic carbocycles. The van der Waals surface area contributed by atoms with Crippen molar-refractivity contribution in [3.8, 4) is 0 Å². The van der Waals surface area contributed by atoms with E-state index in [9.17, 15) is 14.4 Å². The van der Waals surface area contributed by atoms with Crippen LogP contribution in [0.25, 0.3) is 0 Å². The molecule has 1 spiro atoms. The molecule has 0 aromatic rings. The first-order valence-electron chi connectivity index (χ1n) is 7.83. The number of hydrogen-bond donors (Lipinski definition) is 1. The average Bonchev–Trinajstić information content (AvgIpc) is 3.26. The van der Waals surface area contributed by atoms with Crippen LogP contribution in [0.4, 0.5) is 4.79 Å². The predicted molar refractivity (Wildman–Crippen MR) is 76.4 cm³/mol. The molecule has 0 unspecified atom stereocenters. The quantitative estimate of drug-likeness (QED) is 0.792. The number of nitrogens with one attached hydrogen (secondary N) is 1. The standard InChI is InChI=1S/C15H23N3O3/c1-10-5-7-15(8-6-10)13(20)16-14(21)18(15)9-12(19)17(2)11-3-4-11/h10-11H,3-9H2,1-2H3,(H,16,20,21). The zero-order chi connectivity index (χ0) is 15.2. The minimum Gasteiger partial charge on any atom is -0.341 e. The van der Waals surface area contributed by atoms with Crippen LogP contribution >= 0.6 is 0 Å². The summed E-state index contributed by atoms with van der Waals surface area (Å²) >= 11 is 0. The molecule has 6 nitrogen and oxygen atoms in total.